The van der Waals surface area contributed by atoms with Crippen molar-refractivity contribution in [2.75, 3.05) is 24.2 Å². The summed E-state index contributed by atoms with van der Waals surface area (Å²) in [7, 11) is -3.57. The van der Waals surface area contributed by atoms with Gasteiger partial charge in [-0.3, -0.25) is 4.99 Å². The number of nitrogens with one attached hydrogen (secondary N) is 2. The summed E-state index contributed by atoms with van der Waals surface area (Å²) in [5.74, 6) is 1.01. The number of benzene rings is 2. The molecule has 0 spiro atoms. The molecule has 0 atom stereocenters. The maximum Gasteiger partial charge on any atom is 0.210 e. The fourth-order valence-electron chi connectivity index (χ4n) is 2.47. The first-order valence-electron chi connectivity index (χ1n) is 9.28. The third-order valence-electron chi connectivity index (χ3n) is 3.73. The Balaban J connectivity index is 0.00000450. The van der Waals surface area contributed by atoms with Crippen molar-refractivity contribution in [1.82, 2.24) is 5.32 Å². The summed E-state index contributed by atoms with van der Waals surface area (Å²) in [5, 5.41) is 12.1. The molecule has 0 amide bonds. The van der Waals surface area contributed by atoms with Crippen molar-refractivity contribution in [2.45, 2.75) is 26.4 Å². The summed E-state index contributed by atoms with van der Waals surface area (Å²) in [5.41, 5.74) is 1.88. The van der Waals surface area contributed by atoms with E-state index in [1.165, 1.54) is 0 Å². The van der Waals surface area contributed by atoms with Gasteiger partial charge in [0.25, 0.3) is 0 Å². The minimum absolute atomic E-state index is 0. The van der Waals surface area contributed by atoms with Crippen molar-refractivity contribution in [3.63, 3.8) is 0 Å². The number of ether oxygens (including phenoxy) is 1. The Morgan fingerprint density at radius 2 is 1.90 bits per heavy atom. The molecule has 10 heteroatoms. The zero-order chi connectivity index (χ0) is 21.3. The van der Waals surface area contributed by atoms with Crippen molar-refractivity contribution in [2.24, 2.45) is 10.1 Å². The highest BCUT2D eigenvalue weighted by atomic mass is 127. The van der Waals surface area contributed by atoms with Gasteiger partial charge in [0.05, 0.1) is 18.4 Å². The van der Waals surface area contributed by atoms with Crippen LogP contribution in [0.4, 0.5) is 5.69 Å². The highest BCUT2D eigenvalue weighted by Crippen LogP contribution is 2.17. The highest BCUT2D eigenvalue weighted by Gasteiger charge is 2.05. The molecule has 0 aliphatic heterocycles. The summed E-state index contributed by atoms with van der Waals surface area (Å²) in [4.78, 5) is 4.30. The lowest BCUT2D eigenvalue weighted by atomic mass is 10.1. The predicted molar refractivity (Wildman–Crippen MR) is 135 cm³/mol. The number of guanidine groups is 1. The summed E-state index contributed by atoms with van der Waals surface area (Å²) in [6.07, 6.45) is 0.828. The van der Waals surface area contributed by atoms with Gasteiger partial charge < -0.3 is 15.4 Å². The maximum atomic E-state index is 11.2. The van der Waals surface area contributed by atoms with Crippen LogP contribution in [0.3, 0.4) is 0 Å². The summed E-state index contributed by atoms with van der Waals surface area (Å²) in [6, 6.07) is 15.1. The van der Waals surface area contributed by atoms with Crippen LogP contribution in [0.1, 0.15) is 19.4 Å². The van der Waals surface area contributed by atoms with Gasteiger partial charge in [0.15, 0.2) is 5.96 Å². The number of aliphatic imine (C=N–C) groups is 1. The molecule has 30 heavy (non-hydrogen) atoms. The second-order valence-corrected chi connectivity index (χ2v) is 8.89. The number of nitrogens with zero attached hydrogens (tertiary/aromatic N) is 1. The molecule has 4 N–H and O–H groups in total. The Hall–Kier alpha value is -1.56. The number of halogens is 2. The zero-order valence-corrected chi connectivity index (χ0v) is 20.9. The average molecular weight is 567 g/mol. The van der Waals surface area contributed by atoms with Crippen molar-refractivity contribution in [3.05, 3.63) is 59.1 Å². The molecule has 0 unspecified atom stereocenters. The van der Waals surface area contributed by atoms with Gasteiger partial charge in [-0.2, -0.15) is 0 Å². The normalized spacial score (nSPS) is 11.7. The van der Waals surface area contributed by atoms with Crippen molar-refractivity contribution < 1.29 is 13.2 Å². The first-order valence-corrected chi connectivity index (χ1v) is 11.4. The summed E-state index contributed by atoms with van der Waals surface area (Å²) in [6.45, 7) is 4.58. The Morgan fingerprint density at radius 1 is 1.20 bits per heavy atom. The van der Waals surface area contributed by atoms with Gasteiger partial charge in [-0.15, -0.1) is 24.0 Å². The lowest BCUT2D eigenvalue weighted by Crippen LogP contribution is -2.33. The van der Waals surface area contributed by atoms with Crippen molar-refractivity contribution >= 4 is 57.2 Å². The van der Waals surface area contributed by atoms with Gasteiger partial charge in [0, 0.05) is 17.3 Å². The fraction of sp³-hybridized carbons (Fsp3) is 0.350. The third-order valence-corrected chi connectivity index (χ3v) is 4.72. The molecule has 0 aliphatic carbocycles. The number of rotatable bonds is 9. The Labute approximate surface area is 200 Å². The summed E-state index contributed by atoms with van der Waals surface area (Å²) < 4.78 is 28.0. The molecular formula is C20H28ClIN4O3S. The molecule has 2 aromatic rings. The van der Waals surface area contributed by atoms with E-state index in [1.54, 1.807) is 0 Å². The quantitative estimate of drug-likeness (QED) is 0.244. The van der Waals surface area contributed by atoms with Crippen molar-refractivity contribution in [3.8, 4) is 5.75 Å². The average Bonchev–Trinajstić information content (AvgIpc) is 2.62. The zero-order valence-electron chi connectivity index (χ0n) is 17.0. The van der Waals surface area contributed by atoms with Gasteiger partial charge in [-0.05, 0) is 62.2 Å². The predicted octanol–water partition coefficient (Wildman–Crippen LogP) is 3.63. The van der Waals surface area contributed by atoms with Crippen molar-refractivity contribution in [1.29, 1.82) is 0 Å². The van der Waals surface area contributed by atoms with Gasteiger partial charge in [0.1, 0.15) is 5.75 Å². The van der Waals surface area contributed by atoms with E-state index in [-0.39, 0.29) is 42.4 Å². The van der Waals surface area contributed by atoms with Gasteiger partial charge in [0.2, 0.25) is 10.0 Å². The van der Waals surface area contributed by atoms with E-state index >= 15 is 0 Å². The molecular weight excluding hydrogens is 539 g/mol. The summed E-state index contributed by atoms with van der Waals surface area (Å²) >= 11 is 6.01. The van der Waals surface area contributed by atoms with Crippen LogP contribution in [-0.2, 0) is 16.4 Å². The van der Waals surface area contributed by atoms with Crippen LogP contribution < -0.4 is 20.5 Å². The maximum absolute atomic E-state index is 11.2. The molecule has 0 saturated heterocycles. The number of hydrogen-bond acceptors (Lipinski definition) is 4. The van der Waals surface area contributed by atoms with Crippen LogP contribution in [-0.4, -0.2) is 39.3 Å². The SMILES string of the molecule is CC(C)Oc1ccc(NC(=NCCS(N)(=O)=O)NCCc2cccc(Cl)c2)cc1.I. The van der Waals surface area contributed by atoms with Gasteiger partial charge in [-0.25, -0.2) is 13.6 Å². The lowest BCUT2D eigenvalue weighted by Gasteiger charge is -2.14. The first-order chi connectivity index (χ1) is 13.7. The monoisotopic (exact) mass is 566 g/mol. The number of primary sulfonamides is 1. The van der Waals surface area contributed by atoms with Crippen LogP contribution in [0.5, 0.6) is 5.75 Å². The van der Waals surface area contributed by atoms with E-state index in [9.17, 15) is 8.42 Å². The smallest absolute Gasteiger partial charge is 0.210 e. The lowest BCUT2D eigenvalue weighted by molar-refractivity contribution is 0.242. The molecule has 0 bridgehead atoms. The van der Waals surface area contributed by atoms with E-state index < -0.39 is 10.0 Å². The molecule has 0 radical (unpaired) electrons. The molecule has 166 valence electrons. The van der Waals surface area contributed by atoms with Crippen LogP contribution in [0.15, 0.2) is 53.5 Å². The van der Waals surface area contributed by atoms with E-state index in [1.807, 2.05) is 62.4 Å². The van der Waals surface area contributed by atoms with Gasteiger partial charge in [-0.1, -0.05) is 23.7 Å². The van der Waals surface area contributed by atoms with E-state index in [0.717, 1.165) is 23.4 Å². The number of sulfonamides is 1. The van der Waals surface area contributed by atoms with E-state index in [0.29, 0.717) is 17.5 Å². The Bertz CT molecular complexity index is 922. The highest BCUT2D eigenvalue weighted by molar-refractivity contribution is 14.0. The third kappa shape index (κ3) is 11.0. The molecule has 7 nitrogen and oxygen atoms in total. The Kier molecular flexibility index (Phi) is 11.5. The van der Waals surface area contributed by atoms with Crippen LogP contribution >= 0.6 is 35.6 Å². The van der Waals surface area contributed by atoms with E-state index in [2.05, 4.69) is 15.6 Å². The molecule has 0 fully saturated rings. The molecule has 2 aromatic carbocycles. The number of hydrogen-bond donors (Lipinski definition) is 3. The Morgan fingerprint density at radius 3 is 2.50 bits per heavy atom. The van der Waals surface area contributed by atoms with E-state index in [4.69, 9.17) is 21.5 Å². The molecule has 2 rings (SSSR count). The first kappa shape index (κ1) is 26.5. The standard InChI is InChI=1S/C20H27ClN4O3S.HI/c1-15(2)28-19-8-6-18(7-9-19)25-20(24-12-13-29(22,26)27)23-11-10-16-4-3-5-17(21)14-16;/h3-9,14-15H,10-13H2,1-2H3,(H2,22,26,27)(H2,23,24,25);1H. The number of nitrogens with two attached hydrogens (primary N) is 1. The fourth-order valence-corrected chi connectivity index (χ4v) is 3.03. The molecule has 0 saturated carbocycles. The van der Waals surface area contributed by atoms with Crippen LogP contribution in [0, 0.1) is 0 Å². The molecule has 0 aromatic heterocycles. The molecule has 0 heterocycles. The number of anilines is 1. The second-order valence-electron chi connectivity index (χ2n) is 6.72. The van der Waals surface area contributed by atoms with Crippen LogP contribution in [0.25, 0.3) is 0 Å². The minimum atomic E-state index is -3.57. The largest absolute Gasteiger partial charge is 0.491 e. The topological polar surface area (TPSA) is 106 Å². The second kappa shape index (κ2) is 13.0. The van der Waals surface area contributed by atoms with Gasteiger partial charge >= 0.3 is 0 Å². The van der Waals surface area contributed by atoms with Crippen LogP contribution in [0.2, 0.25) is 5.02 Å². The molecule has 0 aliphatic rings. The minimum Gasteiger partial charge on any atom is -0.491 e.